The first-order valence-electron chi connectivity index (χ1n) is 8.49. The molecule has 0 amide bonds. The van der Waals surface area contributed by atoms with E-state index in [0.29, 0.717) is 28.4 Å². The van der Waals surface area contributed by atoms with E-state index in [2.05, 4.69) is 0 Å². The second-order valence-corrected chi connectivity index (χ2v) is 7.05. The number of ketones is 1. The lowest BCUT2D eigenvalue weighted by Gasteiger charge is -2.32. The molecule has 0 saturated carbocycles. The van der Waals surface area contributed by atoms with Crippen LogP contribution in [0.2, 0.25) is 0 Å². The highest BCUT2D eigenvalue weighted by atomic mass is 16.5. The number of carbonyl (C=O) groups excluding carboxylic acids is 1. The number of ether oxygens (including phenoxy) is 3. The molecule has 2 aliphatic rings. The van der Waals surface area contributed by atoms with Gasteiger partial charge in [0.05, 0.1) is 24.2 Å². The molecule has 5 heteroatoms. The van der Waals surface area contributed by atoms with E-state index in [1.54, 1.807) is 24.3 Å². The average Bonchev–Trinajstić information content (AvgIpc) is 2.61. The maximum atomic E-state index is 13.0. The Hall–Kier alpha value is -2.95. The molecule has 2 aromatic carbocycles. The minimum atomic E-state index is -0.559. The van der Waals surface area contributed by atoms with Gasteiger partial charge in [0, 0.05) is 11.6 Å². The van der Waals surface area contributed by atoms with Crippen molar-refractivity contribution < 1.29 is 24.1 Å². The van der Waals surface area contributed by atoms with E-state index in [1.807, 2.05) is 26.0 Å². The van der Waals surface area contributed by atoms with Gasteiger partial charge in [-0.2, -0.15) is 0 Å². The van der Waals surface area contributed by atoms with Gasteiger partial charge in [0.15, 0.2) is 5.78 Å². The van der Waals surface area contributed by atoms with Crippen LogP contribution in [-0.2, 0) is 0 Å². The van der Waals surface area contributed by atoms with Crippen LogP contribution < -0.4 is 14.2 Å². The molecule has 1 atom stereocenters. The summed E-state index contributed by atoms with van der Waals surface area (Å²) in [5.41, 5.74) is 1.43. The van der Waals surface area contributed by atoms with E-state index in [-0.39, 0.29) is 18.1 Å². The van der Waals surface area contributed by atoms with Gasteiger partial charge in [-0.3, -0.25) is 4.79 Å². The fourth-order valence-electron chi connectivity index (χ4n) is 3.39. The summed E-state index contributed by atoms with van der Waals surface area (Å²) in [7, 11) is 1.53. The first-order valence-corrected chi connectivity index (χ1v) is 8.49. The quantitative estimate of drug-likeness (QED) is 0.887. The zero-order valence-corrected chi connectivity index (χ0v) is 14.9. The summed E-state index contributed by atoms with van der Waals surface area (Å²) in [4.78, 5) is 13.0. The third kappa shape index (κ3) is 2.60. The van der Waals surface area contributed by atoms with E-state index in [4.69, 9.17) is 14.2 Å². The van der Waals surface area contributed by atoms with Crippen LogP contribution in [0, 0.1) is 0 Å². The van der Waals surface area contributed by atoms with Crippen LogP contribution in [-0.4, -0.2) is 30.2 Å². The smallest absolute Gasteiger partial charge is 0.177 e. The van der Waals surface area contributed by atoms with E-state index in [0.717, 1.165) is 5.56 Å². The third-order valence-electron chi connectivity index (χ3n) is 4.77. The number of hydrogen-bond donors (Lipinski definition) is 1. The largest absolute Gasteiger partial charge is 0.508 e. The van der Waals surface area contributed by atoms with Crippen LogP contribution in [0.25, 0.3) is 6.08 Å². The van der Waals surface area contributed by atoms with Gasteiger partial charge >= 0.3 is 0 Å². The monoisotopic (exact) mass is 352 g/mol. The molecule has 0 saturated heterocycles. The number of carbonyl (C=O) groups is 1. The molecule has 0 aromatic heterocycles. The summed E-state index contributed by atoms with van der Waals surface area (Å²) < 4.78 is 17.0. The molecule has 0 aliphatic carbocycles. The van der Waals surface area contributed by atoms with Crippen molar-refractivity contribution in [1.29, 1.82) is 0 Å². The molecule has 4 rings (SSSR count). The van der Waals surface area contributed by atoms with Gasteiger partial charge in [-0.15, -0.1) is 0 Å². The average molecular weight is 352 g/mol. The van der Waals surface area contributed by atoms with Crippen molar-refractivity contribution in [3.05, 3.63) is 53.1 Å². The Bertz CT molecular complexity index is 926. The Morgan fingerprint density at radius 3 is 2.77 bits per heavy atom. The number of phenols is 1. The standard InChI is InChI=1S/C21H20O5/c1-21(2)9-8-14-18(26-21)7-6-15-19(23)16(11-25-20(14)15)13-5-4-12(24-3)10-17(13)22/h4-10,16,22H,11H2,1-3H3/t16-/m1/s1. The fourth-order valence-corrected chi connectivity index (χ4v) is 3.39. The van der Waals surface area contributed by atoms with Gasteiger partial charge in [0.2, 0.25) is 0 Å². The van der Waals surface area contributed by atoms with Crippen LogP contribution in [0.4, 0.5) is 0 Å². The lowest BCUT2D eigenvalue weighted by molar-refractivity contribution is 0.0892. The number of aromatic hydroxyl groups is 1. The molecule has 26 heavy (non-hydrogen) atoms. The maximum Gasteiger partial charge on any atom is 0.177 e. The number of Topliss-reactive ketones (excluding diaryl/α,β-unsaturated/α-hetero) is 1. The Morgan fingerprint density at radius 2 is 2.04 bits per heavy atom. The molecule has 5 nitrogen and oxygen atoms in total. The molecule has 0 fully saturated rings. The second kappa shape index (κ2) is 5.80. The SMILES string of the molecule is COc1ccc([C@H]2COc3c(ccc4c3C=CC(C)(C)O4)C2=O)c(O)c1. The Morgan fingerprint density at radius 1 is 1.23 bits per heavy atom. The summed E-state index contributed by atoms with van der Waals surface area (Å²) in [5, 5.41) is 10.3. The van der Waals surface area contributed by atoms with Crippen molar-refractivity contribution in [3.63, 3.8) is 0 Å². The van der Waals surface area contributed by atoms with Gasteiger partial charge in [-0.05, 0) is 44.2 Å². The van der Waals surface area contributed by atoms with Gasteiger partial charge < -0.3 is 19.3 Å². The number of methoxy groups -OCH3 is 1. The van der Waals surface area contributed by atoms with Gasteiger partial charge in [-0.1, -0.05) is 6.07 Å². The van der Waals surface area contributed by atoms with Crippen LogP contribution in [0.15, 0.2) is 36.4 Å². The maximum absolute atomic E-state index is 13.0. The molecule has 2 heterocycles. The lowest BCUT2D eigenvalue weighted by atomic mass is 9.86. The van der Waals surface area contributed by atoms with Gasteiger partial charge in [-0.25, -0.2) is 0 Å². The number of phenolic OH excluding ortho intramolecular Hbond substituents is 1. The predicted octanol–water partition coefficient (Wildman–Crippen LogP) is 3.94. The molecule has 0 radical (unpaired) electrons. The normalized spacial score (nSPS) is 19.8. The molecular formula is C21H20O5. The number of benzene rings is 2. The molecule has 0 bridgehead atoms. The molecule has 0 spiro atoms. The first-order chi connectivity index (χ1) is 12.4. The minimum absolute atomic E-state index is 0.0256. The zero-order chi connectivity index (χ0) is 18.5. The van der Waals surface area contributed by atoms with Crippen molar-refractivity contribution in [1.82, 2.24) is 0 Å². The number of hydrogen-bond acceptors (Lipinski definition) is 5. The fraction of sp³-hybridized carbons (Fsp3) is 0.286. The van der Waals surface area contributed by atoms with E-state index < -0.39 is 11.5 Å². The van der Waals surface area contributed by atoms with Crippen LogP contribution >= 0.6 is 0 Å². The van der Waals surface area contributed by atoms with Crippen molar-refractivity contribution in [2.75, 3.05) is 13.7 Å². The highest BCUT2D eigenvalue weighted by Crippen LogP contribution is 2.44. The highest BCUT2D eigenvalue weighted by molar-refractivity contribution is 6.05. The summed E-state index contributed by atoms with van der Waals surface area (Å²) >= 11 is 0. The first kappa shape index (κ1) is 16.5. The second-order valence-electron chi connectivity index (χ2n) is 7.05. The van der Waals surface area contributed by atoms with Crippen LogP contribution in [0.3, 0.4) is 0 Å². The van der Waals surface area contributed by atoms with Gasteiger partial charge in [0.25, 0.3) is 0 Å². The Balaban J connectivity index is 1.72. The van der Waals surface area contributed by atoms with Crippen molar-refractivity contribution in [2.45, 2.75) is 25.4 Å². The van der Waals surface area contributed by atoms with E-state index in [1.165, 1.54) is 13.2 Å². The van der Waals surface area contributed by atoms with E-state index >= 15 is 0 Å². The number of fused-ring (bicyclic) bond motifs is 3. The lowest BCUT2D eigenvalue weighted by Crippen LogP contribution is -2.30. The summed E-state index contributed by atoms with van der Waals surface area (Å²) in [6.45, 7) is 4.11. The third-order valence-corrected chi connectivity index (χ3v) is 4.77. The van der Waals surface area contributed by atoms with Crippen LogP contribution in [0.1, 0.15) is 41.3 Å². The predicted molar refractivity (Wildman–Crippen MR) is 97.4 cm³/mol. The highest BCUT2D eigenvalue weighted by Gasteiger charge is 2.35. The van der Waals surface area contributed by atoms with Crippen molar-refractivity contribution in [2.24, 2.45) is 0 Å². The summed E-state index contributed by atoms with van der Waals surface area (Å²) in [5.74, 6) is 1.18. The molecule has 0 unspecified atom stereocenters. The minimum Gasteiger partial charge on any atom is -0.508 e. The van der Waals surface area contributed by atoms with Crippen molar-refractivity contribution >= 4 is 11.9 Å². The molecule has 1 N–H and O–H groups in total. The Kier molecular flexibility index (Phi) is 3.68. The topological polar surface area (TPSA) is 65.0 Å². The molecule has 2 aliphatic heterocycles. The summed E-state index contributed by atoms with van der Waals surface area (Å²) in [6, 6.07) is 8.47. The molecule has 2 aromatic rings. The van der Waals surface area contributed by atoms with E-state index in [9.17, 15) is 9.90 Å². The van der Waals surface area contributed by atoms with Crippen molar-refractivity contribution in [3.8, 4) is 23.0 Å². The zero-order valence-electron chi connectivity index (χ0n) is 14.9. The summed E-state index contributed by atoms with van der Waals surface area (Å²) in [6.07, 6.45) is 3.89. The Labute approximate surface area is 151 Å². The molecular weight excluding hydrogens is 332 g/mol. The van der Waals surface area contributed by atoms with Gasteiger partial charge in [0.1, 0.15) is 35.2 Å². The van der Waals surface area contributed by atoms with Crippen LogP contribution in [0.5, 0.6) is 23.0 Å². The molecule has 134 valence electrons. The number of rotatable bonds is 2.